The highest BCUT2D eigenvalue weighted by molar-refractivity contribution is 7.20. The molecule has 3 heterocycles. The molecule has 0 amide bonds. The number of aromatic nitrogens is 2. The lowest BCUT2D eigenvalue weighted by Crippen LogP contribution is -2.25. The Labute approximate surface area is 385 Å². The Balaban J connectivity index is 0.903. The molecule has 0 radical (unpaired) electrons. The van der Waals surface area contributed by atoms with Gasteiger partial charge in [-0.2, -0.15) is 0 Å². The molecule has 0 fully saturated rings. The molecular weight excluding hydrogens is 817 g/mol. The Hall–Kier alpha value is -8.24. The summed E-state index contributed by atoms with van der Waals surface area (Å²) in [5, 5.41) is 6.44. The van der Waals surface area contributed by atoms with Gasteiger partial charge in [-0.15, -0.1) is 11.3 Å². The van der Waals surface area contributed by atoms with Gasteiger partial charge in [-0.3, -0.25) is 0 Å². The standard InChI is InChI=1S/C63H38N2S/c1-7-19-53-45(13-1)46-35-29-41(39-25-31-43(32-26-39)64-56-20-8-2-14-47(56)48-15-3-9-21-57(48)64)37-54(46)63(53)55-38-42(30-36-51(55)61-52-18-6-12-24-60(52)66-62(61)63)40-27-33-44(34-28-40)65-58-22-10-4-16-49(58)50-17-5-11-23-59(50)65/h1-38H. The van der Waals surface area contributed by atoms with Crippen LogP contribution in [0.15, 0.2) is 231 Å². The average molecular weight is 855 g/mol. The summed E-state index contributed by atoms with van der Waals surface area (Å²) in [4.78, 5) is 1.42. The SMILES string of the molecule is c1ccc2c(c1)-c1ccc(-c3ccc(-n4c5ccccc5c5ccccc54)cc3)cc1C21c2cc(-c3ccc(-n4c5ccccc5c5ccccc54)cc3)ccc2-c2c1sc1ccccc21. The van der Waals surface area contributed by atoms with Gasteiger partial charge in [-0.25, -0.2) is 0 Å². The molecule has 0 bridgehead atoms. The highest BCUT2D eigenvalue weighted by Crippen LogP contribution is 2.66. The normalized spacial score (nSPS) is 14.7. The van der Waals surface area contributed by atoms with E-state index in [0.29, 0.717) is 0 Å². The third-order valence-corrected chi connectivity index (χ3v) is 16.0. The quantitative estimate of drug-likeness (QED) is 0.167. The summed E-state index contributed by atoms with van der Waals surface area (Å²) >= 11 is 1.97. The number of hydrogen-bond donors (Lipinski definition) is 0. The van der Waals surface area contributed by atoms with Crippen molar-refractivity contribution in [1.82, 2.24) is 9.13 Å². The molecule has 1 atom stereocenters. The van der Waals surface area contributed by atoms with Gasteiger partial charge in [0.05, 0.1) is 27.5 Å². The summed E-state index contributed by atoms with van der Waals surface area (Å²) in [6.07, 6.45) is 0. The number of fused-ring (bicyclic) bond motifs is 18. The molecule has 0 aliphatic heterocycles. The van der Waals surface area contributed by atoms with Crippen molar-refractivity contribution in [2.24, 2.45) is 0 Å². The Kier molecular flexibility index (Phi) is 7.34. The fourth-order valence-electron chi connectivity index (χ4n) is 12.0. The van der Waals surface area contributed by atoms with Gasteiger partial charge in [-0.05, 0) is 122 Å². The maximum atomic E-state index is 2.52. The van der Waals surface area contributed by atoms with Crippen molar-refractivity contribution >= 4 is 65.0 Å². The number of thiophene rings is 1. The van der Waals surface area contributed by atoms with Crippen molar-refractivity contribution in [1.29, 1.82) is 0 Å². The maximum Gasteiger partial charge on any atom is 0.0819 e. The summed E-state index contributed by atoms with van der Waals surface area (Å²) in [6.45, 7) is 0. The van der Waals surface area contributed by atoms with Crippen molar-refractivity contribution in [2.75, 3.05) is 0 Å². The molecular formula is C63H38N2S. The lowest BCUT2D eigenvalue weighted by Gasteiger charge is -2.30. The predicted octanol–water partition coefficient (Wildman–Crippen LogP) is 16.8. The molecule has 1 spiro atoms. The van der Waals surface area contributed by atoms with E-state index in [9.17, 15) is 0 Å². The van der Waals surface area contributed by atoms with Crippen molar-refractivity contribution in [2.45, 2.75) is 5.41 Å². The van der Waals surface area contributed by atoms with E-state index in [1.807, 2.05) is 11.3 Å². The minimum absolute atomic E-state index is 0.474. The van der Waals surface area contributed by atoms with Crippen LogP contribution in [0.25, 0.3) is 110 Å². The van der Waals surface area contributed by atoms with Gasteiger partial charge in [0.2, 0.25) is 0 Å². The highest BCUT2D eigenvalue weighted by atomic mass is 32.1. The van der Waals surface area contributed by atoms with Gasteiger partial charge in [-0.1, -0.05) is 164 Å². The Morgan fingerprint density at radius 1 is 0.303 bits per heavy atom. The first-order valence-corrected chi connectivity index (χ1v) is 23.6. The molecule has 0 saturated carbocycles. The van der Waals surface area contributed by atoms with Crippen molar-refractivity contribution in [3.8, 4) is 55.9 Å². The second-order valence-corrected chi connectivity index (χ2v) is 19.0. The van der Waals surface area contributed by atoms with Crippen molar-refractivity contribution in [3.05, 3.63) is 252 Å². The number of benzene rings is 10. The van der Waals surface area contributed by atoms with Crippen LogP contribution >= 0.6 is 11.3 Å². The fraction of sp³-hybridized carbons (Fsp3) is 0.0159. The molecule has 2 aliphatic carbocycles. The first-order valence-electron chi connectivity index (χ1n) is 22.8. The molecule has 0 saturated heterocycles. The Bertz CT molecular complexity index is 4050. The van der Waals surface area contributed by atoms with Crippen LogP contribution in [0.2, 0.25) is 0 Å². The zero-order valence-electron chi connectivity index (χ0n) is 35.7. The van der Waals surface area contributed by atoms with Crippen LogP contribution in [0.3, 0.4) is 0 Å². The highest BCUT2D eigenvalue weighted by Gasteiger charge is 2.53. The lowest BCUT2D eigenvalue weighted by molar-refractivity contribution is 0.812. The van der Waals surface area contributed by atoms with E-state index in [4.69, 9.17) is 0 Å². The van der Waals surface area contributed by atoms with Gasteiger partial charge in [0.15, 0.2) is 0 Å². The van der Waals surface area contributed by atoms with Gasteiger partial charge in [0, 0.05) is 53.4 Å². The molecule has 13 aromatic rings. The van der Waals surface area contributed by atoms with Gasteiger partial charge in [0.25, 0.3) is 0 Å². The molecule has 3 heteroatoms. The van der Waals surface area contributed by atoms with Crippen LogP contribution in [0.5, 0.6) is 0 Å². The third kappa shape index (κ3) is 4.74. The first kappa shape index (κ1) is 36.1. The molecule has 15 rings (SSSR count). The van der Waals surface area contributed by atoms with E-state index >= 15 is 0 Å². The largest absolute Gasteiger partial charge is 0.309 e. The first-order chi connectivity index (χ1) is 32.7. The number of hydrogen-bond acceptors (Lipinski definition) is 1. The number of nitrogens with zero attached hydrogens (tertiary/aromatic N) is 2. The predicted molar refractivity (Wildman–Crippen MR) is 278 cm³/mol. The van der Waals surface area contributed by atoms with Crippen LogP contribution in [-0.2, 0) is 5.41 Å². The average Bonchev–Trinajstić information content (AvgIpc) is 4.17. The monoisotopic (exact) mass is 854 g/mol. The number of para-hydroxylation sites is 4. The van der Waals surface area contributed by atoms with E-state index in [0.717, 1.165) is 11.4 Å². The molecule has 66 heavy (non-hydrogen) atoms. The van der Waals surface area contributed by atoms with Crippen LogP contribution in [-0.4, -0.2) is 9.13 Å². The molecule has 306 valence electrons. The summed E-state index contributed by atoms with van der Waals surface area (Å²) < 4.78 is 6.13. The Morgan fingerprint density at radius 3 is 1.23 bits per heavy atom. The van der Waals surface area contributed by atoms with E-state index in [1.165, 1.54) is 120 Å². The minimum atomic E-state index is -0.474. The minimum Gasteiger partial charge on any atom is -0.309 e. The second-order valence-electron chi connectivity index (χ2n) is 18.0. The van der Waals surface area contributed by atoms with Crippen LogP contribution < -0.4 is 0 Å². The van der Waals surface area contributed by atoms with E-state index in [1.54, 1.807) is 0 Å². The zero-order chi connectivity index (χ0) is 43.1. The second kappa shape index (κ2) is 13.4. The topological polar surface area (TPSA) is 9.86 Å². The van der Waals surface area contributed by atoms with Crippen LogP contribution in [0.1, 0.15) is 21.6 Å². The summed E-state index contributed by atoms with van der Waals surface area (Å²) in [5.41, 5.74) is 21.0. The molecule has 0 N–H and O–H groups in total. The zero-order valence-corrected chi connectivity index (χ0v) is 36.6. The van der Waals surface area contributed by atoms with Gasteiger partial charge < -0.3 is 9.13 Å². The summed E-state index contributed by atoms with van der Waals surface area (Å²) in [7, 11) is 0. The van der Waals surface area contributed by atoms with E-state index in [2.05, 4.69) is 240 Å². The summed E-state index contributed by atoms with van der Waals surface area (Å²) in [5.74, 6) is 0. The molecule has 3 aromatic heterocycles. The van der Waals surface area contributed by atoms with Crippen molar-refractivity contribution < 1.29 is 0 Å². The fourth-order valence-corrected chi connectivity index (χ4v) is 13.4. The van der Waals surface area contributed by atoms with E-state index in [-0.39, 0.29) is 0 Å². The van der Waals surface area contributed by atoms with Gasteiger partial charge >= 0.3 is 0 Å². The number of rotatable bonds is 4. The van der Waals surface area contributed by atoms with Gasteiger partial charge in [0.1, 0.15) is 0 Å². The third-order valence-electron chi connectivity index (χ3n) is 14.8. The molecule has 1 unspecified atom stereocenters. The van der Waals surface area contributed by atoms with Crippen LogP contribution in [0.4, 0.5) is 0 Å². The molecule has 2 nitrogen and oxygen atoms in total. The molecule has 2 aliphatic rings. The maximum absolute atomic E-state index is 2.52. The Morgan fingerprint density at radius 2 is 0.697 bits per heavy atom. The van der Waals surface area contributed by atoms with Crippen molar-refractivity contribution in [3.63, 3.8) is 0 Å². The lowest BCUT2D eigenvalue weighted by atomic mass is 9.73. The van der Waals surface area contributed by atoms with Crippen LogP contribution in [0, 0.1) is 0 Å². The summed E-state index contributed by atoms with van der Waals surface area (Å²) in [6, 6.07) is 86.1. The smallest absolute Gasteiger partial charge is 0.0819 e. The molecule has 10 aromatic carbocycles. The van der Waals surface area contributed by atoms with E-state index < -0.39 is 5.41 Å².